The third kappa shape index (κ3) is 4.09. The third-order valence-electron chi connectivity index (χ3n) is 6.11. The van der Waals surface area contributed by atoms with Gasteiger partial charge in [-0.25, -0.2) is 14.8 Å². The predicted molar refractivity (Wildman–Crippen MR) is 121 cm³/mol. The highest BCUT2D eigenvalue weighted by molar-refractivity contribution is 7.25. The van der Waals surface area contributed by atoms with Gasteiger partial charge in [-0.2, -0.15) is 0 Å². The van der Waals surface area contributed by atoms with Crippen molar-refractivity contribution >= 4 is 55.8 Å². The summed E-state index contributed by atoms with van der Waals surface area (Å²) in [6.45, 7) is 3.78. The molecule has 9 heteroatoms. The molecule has 2 fully saturated rings. The number of anilines is 1. The number of aromatic carboxylic acids is 1. The minimum absolute atomic E-state index is 0. The smallest absolute Gasteiger partial charge is 0.335 e. The van der Waals surface area contributed by atoms with E-state index in [1.807, 2.05) is 6.07 Å². The van der Waals surface area contributed by atoms with E-state index in [9.17, 15) is 9.90 Å². The molecule has 0 bridgehead atoms. The monoisotopic (exact) mass is 448 g/mol. The molecule has 0 atom stereocenters. The highest BCUT2D eigenvalue weighted by atomic mass is 35.5. The Morgan fingerprint density at radius 1 is 1.17 bits per heavy atom. The maximum Gasteiger partial charge on any atom is 0.335 e. The molecular formula is C21H25ClN4O3S. The summed E-state index contributed by atoms with van der Waals surface area (Å²) in [4.78, 5) is 23.8. The van der Waals surface area contributed by atoms with Crippen molar-refractivity contribution in [1.29, 1.82) is 0 Å². The minimum Gasteiger partial charge on any atom is -0.478 e. The van der Waals surface area contributed by atoms with Crippen LogP contribution in [0.1, 0.15) is 36.0 Å². The zero-order chi connectivity index (χ0) is 19.8. The molecule has 0 amide bonds. The van der Waals surface area contributed by atoms with Gasteiger partial charge in [-0.05, 0) is 43.9 Å². The molecular weight excluding hydrogens is 424 g/mol. The Morgan fingerprint density at radius 2 is 1.93 bits per heavy atom. The number of carbonyl (C=O) groups is 1. The van der Waals surface area contributed by atoms with Gasteiger partial charge >= 0.3 is 5.97 Å². The molecule has 2 aliphatic rings. The van der Waals surface area contributed by atoms with Crippen molar-refractivity contribution in [2.45, 2.75) is 37.8 Å². The van der Waals surface area contributed by atoms with Crippen molar-refractivity contribution in [1.82, 2.24) is 14.9 Å². The Kier molecular flexibility index (Phi) is 6.38. The van der Waals surface area contributed by atoms with E-state index in [4.69, 9.17) is 4.74 Å². The molecule has 1 saturated heterocycles. The minimum atomic E-state index is -0.918. The quantitative estimate of drug-likeness (QED) is 0.623. The lowest BCUT2D eigenvalue weighted by Gasteiger charge is -2.39. The number of carboxylic acids is 1. The second kappa shape index (κ2) is 9.01. The first kappa shape index (κ1) is 21.2. The van der Waals surface area contributed by atoms with E-state index in [2.05, 4.69) is 20.2 Å². The molecule has 30 heavy (non-hydrogen) atoms. The van der Waals surface area contributed by atoms with Crippen molar-refractivity contribution in [3.05, 3.63) is 30.1 Å². The van der Waals surface area contributed by atoms with Crippen LogP contribution in [0.3, 0.4) is 0 Å². The highest BCUT2D eigenvalue weighted by Gasteiger charge is 2.27. The average Bonchev–Trinajstić information content (AvgIpc) is 3.13. The van der Waals surface area contributed by atoms with E-state index < -0.39 is 5.97 Å². The molecule has 1 aliphatic heterocycles. The number of aromatic nitrogens is 2. The van der Waals surface area contributed by atoms with Gasteiger partial charge < -0.3 is 15.2 Å². The topological polar surface area (TPSA) is 87.6 Å². The number of nitrogens with one attached hydrogen (secondary N) is 1. The van der Waals surface area contributed by atoms with E-state index in [-0.39, 0.29) is 18.0 Å². The van der Waals surface area contributed by atoms with Crippen LogP contribution in [0, 0.1) is 0 Å². The summed E-state index contributed by atoms with van der Waals surface area (Å²) in [5.41, 5.74) is 0.290. The van der Waals surface area contributed by atoms with Crippen molar-refractivity contribution in [2.75, 3.05) is 31.6 Å². The summed E-state index contributed by atoms with van der Waals surface area (Å²) in [6, 6.07) is 6.28. The van der Waals surface area contributed by atoms with Crippen LogP contribution in [0.25, 0.3) is 20.3 Å². The molecule has 0 spiro atoms. The summed E-state index contributed by atoms with van der Waals surface area (Å²) in [7, 11) is 0. The van der Waals surface area contributed by atoms with Gasteiger partial charge in [0, 0.05) is 35.3 Å². The molecule has 2 N–H and O–H groups in total. The van der Waals surface area contributed by atoms with E-state index in [1.54, 1.807) is 29.8 Å². The van der Waals surface area contributed by atoms with Crippen molar-refractivity contribution in [3.63, 3.8) is 0 Å². The Morgan fingerprint density at radius 3 is 2.67 bits per heavy atom. The average molecular weight is 449 g/mol. The van der Waals surface area contributed by atoms with Gasteiger partial charge in [-0.3, -0.25) is 4.90 Å². The lowest BCUT2D eigenvalue weighted by atomic mass is 9.90. The molecule has 3 aromatic rings. The molecule has 160 valence electrons. The van der Waals surface area contributed by atoms with Gasteiger partial charge in [-0.15, -0.1) is 23.7 Å². The maximum absolute atomic E-state index is 11.4. The number of rotatable bonds is 4. The summed E-state index contributed by atoms with van der Waals surface area (Å²) in [5, 5.41) is 14.8. The fraction of sp³-hybridized carbons (Fsp3) is 0.476. The molecule has 1 aromatic carbocycles. The summed E-state index contributed by atoms with van der Waals surface area (Å²) < 4.78 is 6.51. The second-order valence-electron chi connectivity index (χ2n) is 7.82. The SMILES string of the molecule is Cl.O=C(O)c1ccc2sc3ncnc(NC4CCC(N5CCOCC5)CC4)c3c2c1. The summed E-state index contributed by atoms with van der Waals surface area (Å²) >= 11 is 1.57. The van der Waals surface area contributed by atoms with Gasteiger partial charge in [0.05, 0.1) is 24.2 Å². The van der Waals surface area contributed by atoms with Crippen LogP contribution in [0.5, 0.6) is 0 Å². The van der Waals surface area contributed by atoms with E-state index in [0.29, 0.717) is 12.1 Å². The molecule has 7 nitrogen and oxygen atoms in total. The van der Waals surface area contributed by atoms with Crippen molar-refractivity contribution < 1.29 is 14.6 Å². The first-order chi connectivity index (χ1) is 14.2. The zero-order valence-electron chi connectivity index (χ0n) is 16.5. The van der Waals surface area contributed by atoms with Crippen LogP contribution in [0.2, 0.25) is 0 Å². The second-order valence-corrected chi connectivity index (χ2v) is 8.85. The van der Waals surface area contributed by atoms with Gasteiger partial charge in [0.25, 0.3) is 0 Å². The zero-order valence-corrected chi connectivity index (χ0v) is 18.2. The van der Waals surface area contributed by atoms with Crippen LogP contribution >= 0.6 is 23.7 Å². The Hall–Kier alpha value is -2.00. The molecule has 0 radical (unpaired) electrons. The largest absolute Gasteiger partial charge is 0.478 e. The van der Waals surface area contributed by atoms with Gasteiger partial charge in [0.15, 0.2) is 0 Å². The highest BCUT2D eigenvalue weighted by Crippen LogP contribution is 2.37. The number of nitrogens with zero attached hydrogens (tertiary/aromatic N) is 3. The van der Waals surface area contributed by atoms with E-state index in [1.165, 1.54) is 12.8 Å². The maximum atomic E-state index is 11.4. The fourth-order valence-corrected chi connectivity index (χ4v) is 5.60. The first-order valence-corrected chi connectivity index (χ1v) is 11.0. The third-order valence-corrected chi connectivity index (χ3v) is 7.19. The molecule has 1 aliphatic carbocycles. The van der Waals surface area contributed by atoms with Crippen LogP contribution in [0.4, 0.5) is 5.82 Å². The fourth-order valence-electron chi connectivity index (χ4n) is 4.57. The first-order valence-electron chi connectivity index (χ1n) is 10.2. The lowest BCUT2D eigenvalue weighted by Crippen LogP contribution is -2.46. The van der Waals surface area contributed by atoms with Crippen LogP contribution in [0.15, 0.2) is 24.5 Å². The standard InChI is InChI=1S/C21H24N4O3S.ClH/c26-21(27)13-1-6-17-16(11-13)18-19(22-12-23-20(18)29-17)24-14-2-4-15(5-3-14)25-7-9-28-10-8-25;/h1,6,11-12,14-15H,2-5,7-10H2,(H,26,27)(H,22,23,24);1H. The Labute approximate surface area is 184 Å². The molecule has 5 rings (SSSR count). The molecule has 1 saturated carbocycles. The Balaban J connectivity index is 0.00000218. The number of morpholine rings is 1. The number of fused-ring (bicyclic) bond motifs is 3. The summed E-state index contributed by atoms with van der Waals surface area (Å²) in [6.07, 6.45) is 6.17. The van der Waals surface area contributed by atoms with E-state index >= 15 is 0 Å². The normalized spacial score (nSPS) is 22.7. The number of hydrogen-bond acceptors (Lipinski definition) is 7. The number of thiophene rings is 1. The van der Waals surface area contributed by atoms with E-state index in [0.717, 1.165) is 65.3 Å². The Bertz CT molecular complexity index is 1050. The van der Waals surface area contributed by atoms with Crippen molar-refractivity contribution in [2.24, 2.45) is 0 Å². The van der Waals surface area contributed by atoms with Gasteiger partial charge in [-0.1, -0.05) is 0 Å². The molecule has 0 unspecified atom stereocenters. The number of halogens is 1. The van der Waals surface area contributed by atoms with Crippen LogP contribution in [-0.4, -0.2) is 64.3 Å². The van der Waals surface area contributed by atoms with Gasteiger partial charge in [0.2, 0.25) is 0 Å². The van der Waals surface area contributed by atoms with Crippen LogP contribution in [-0.2, 0) is 4.74 Å². The number of carboxylic acid groups (broad SMARTS) is 1. The predicted octanol–water partition coefficient (Wildman–Crippen LogP) is 4.02. The molecule has 2 aromatic heterocycles. The number of ether oxygens (including phenoxy) is 1. The molecule has 3 heterocycles. The number of benzene rings is 1. The lowest BCUT2D eigenvalue weighted by molar-refractivity contribution is 0.00791. The van der Waals surface area contributed by atoms with Crippen LogP contribution < -0.4 is 5.32 Å². The van der Waals surface area contributed by atoms with Gasteiger partial charge in [0.1, 0.15) is 17.0 Å². The summed E-state index contributed by atoms with van der Waals surface area (Å²) in [5.74, 6) is -0.0994. The number of hydrogen-bond donors (Lipinski definition) is 2. The van der Waals surface area contributed by atoms with Crippen molar-refractivity contribution in [3.8, 4) is 0 Å².